The molecule has 2 rings (SSSR count). The molecular weight excluding hydrogens is 300 g/mol. The Bertz CT molecular complexity index is 728. The van der Waals surface area contributed by atoms with Gasteiger partial charge in [-0.05, 0) is 31.2 Å². The molecule has 1 aromatic carbocycles. The number of nitrogens with zero attached hydrogens (tertiary/aromatic N) is 1. The summed E-state index contributed by atoms with van der Waals surface area (Å²) in [5, 5.41) is 0. The Morgan fingerprint density at radius 1 is 1.19 bits per heavy atom. The Balaban J connectivity index is 2.30. The highest BCUT2D eigenvalue weighted by molar-refractivity contribution is 7.89. The first-order valence-electron chi connectivity index (χ1n) is 5.99. The number of anilines is 1. The molecular formula is C13H13F2N3O2S. The van der Waals surface area contributed by atoms with Crippen molar-refractivity contribution in [1.82, 2.24) is 9.71 Å². The molecule has 0 aliphatic rings. The summed E-state index contributed by atoms with van der Waals surface area (Å²) in [5.74, 6) is -1.47. The van der Waals surface area contributed by atoms with Crippen molar-refractivity contribution in [3.05, 3.63) is 53.7 Å². The molecule has 3 N–H and O–H groups in total. The van der Waals surface area contributed by atoms with Crippen molar-refractivity contribution in [3.8, 4) is 0 Å². The highest BCUT2D eigenvalue weighted by atomic mass is 32.2. The third-order valence-electron chi connectivity index (χ3n) is 2.83. The van der Waals surface area contributed by atoms with E-state index in [-0.39, 0.29) is 16.3 Å². The van der Waals surface area contributed by atoms with Crippen LogP contribution in [0.3, 0.4) is 0 Å². The highest BCUT2D eigenvalue weighted by Gasteiger charge is 2.23. The monoisotopic (exact) mass is 313 g/mol. The van der Waals surface area contributed by atoms with Gasteiger partial charge in [0.05, 0.1) is 0 Å². The normalized spacial score (nSPS) is 13.1. The second kappa shape index (κ2) is 5.74. The van der Waals surface area contributed by atoms with Crippen LogP contribution in [-0.4, -0.2) is 13.4 Å². The number of hydrogen-bond acceptors (Lipinski definition) is 4. The first kappa shape index (κ1) is 15.3. The minimum absolute atomic E-state index is 0.139. The maximum Gasteiger partial charge on any atom is 0.242 e. The molecule has 0 saturated heterocycles. The van der Waals surface area contributed by atoms with Crippen molar-refractivity contribution < 1.29 is 17.2 Å². The van der Waals surface area contributed by atoms with Gasteiger partial charge < -0.3 is 5.73 Å². The standard InChI is InChI=1S/C13H13F2N3O2S/c1-8(13-10(14)3-2-4-11(13)15)18-21(19,20)9-5-6-12(16)17-7-9/h2-8,18H,1H3,(H2,16,17). The number of rotatable bonds is 4. The quantitative estimate of drug-likeness (QED) is 0.904. The number of aromatic nitrogens is 1. The molecule has 112 valence electrons. The smallest absolute Gasteiger partial charge is 0.242 e. The third kappa shape index (κ3) is 3.34. The summed E-state index contributed by atoms with van der Waals surface area (Å²) in [4.78, 5) is 3.53. The molecule has 0 fully saturated rings. The largest absolute Gasteiger partial charge is 0.384 e. The fourth-order valence-electron chi connectivity index (χ4n) is 1.83. The molecule has 1 heterocycles. The van der Waals surface area contributed by atoms with Crippen LogP contribution in [0.25, 0.3) is 0 Å². The number of pyridine rings is 1. The van der Waals surface area contributed by atoms with Gasteiger partial charge in [-0.1, -0.05) is 6.07 Å². The summed E-state index contributed by atoms with van der Waals surface area (Å²) in [7, 11) is -3.96. The van der Waals surface area contributed by atoms with Crippen molar-refractivity contribution in [2.45, 2.75) is 17.9 Å². The van der Waals surface area contributed by atoms with Gasteiger partial charge in [-0.25, -0.2) is 26.9 Å². The number of halogens is 2. The maximum absolute atomic E-state index is 13.6. The molecule has 0 aliphatic heterocycles. The Morgan fingerprint density at radius 3 is 2.33 bits per heavy atom. The Hall–Kier alpha value is -2.06. The molecule has 0 spiro atoms. The zero-order chi connectivity index (χ0) is 15.6. The number of nitrogens with one attached hydrogen (secondary N) is 1. The maximum atomic E-state index is 13.6. The summed E-state index contributed by atoms with van der Waals surface area (Å²) in [6.45, 7) is 1.35. The van der Waals surface area contributed by atoms with E-state index in [1.54, 1.807) is 0 Å². The third-order valence-corrected chi connectivity index (χ3v) is 4.36. The number of nitrogens with two attached hydrogens (primary N) is 1. The van der Waals surface area contributed by atoms with Crippen molar-refractivity contribution in [1.29, 1.82) is 0 Å². The molecule has 21 heavy (non-hydrogen) atoms. The molecule has 0 aliphatic carbocycles. The van der Waals surface area contributed by atoms with Crippen LogP contribution in [0.5, 0.6) is 0 Å². The van der Waals surface area contributed by atoms with Crippen molar-refractivity contribution in [2.24, 2.45) is 0 Å². The van der Waals surface area contributed by atoms with Gasteiger partial charge in [0, 0.05) is 17.8 Å². The van der Waals surface area contributed by atoms with E-state index in [4.69, 9.17) is 5.73 Å². The lowest BCUT2D eigenvalue weighted by Gasteiger charge is -2.16. The van der Waals surface area contributed by atoms with Gasteiger partial charge in [-0.3, -0.25) is 0 Å². The van der Waals surface area contributed by atoms with Crippen LogP contribution in [0.4, 0.5) is 14.6 Å². The Morgan fingerprint density at radius 2 is 1.81 bits per heavy atom. The van der Waals surface area contributed by atoms with Gasteiger partial charge in [-0.15, -0.1) is 0 Å². The van der Waals surface area contributed by atoms with Gasteiger partial charge in [0.25, 0.3) is 0 Å². The van der Waals surface area contributed by atoms with Gasteiger partial charge >= 0.3 is 0 Å². The van der Waals surface area contributed by atoms with Crippen molar-refractivity contribution in [3.63, 3.8) is 0 Å². The molecule has 0 amide bonds. The lowest BCUT2D eigenvalue weighted by molar-refractivity contribution is 0.514. The van der Waals surface area contributed by atoms with Gasteiger partial charge in [-0.2, -0.15) is 0 Å². The fourth-order valence-corrected chi connectivity index (χ4v) is 2.99. The van der Waals surface area contributed by atoms with E-state index in [1.165, 1.54) is 25.1 Å². The average molecular weight is 313 g/mol. The van der Waals surface area contributed by atoms with Crippen LogP contribution in [-0.2, 0) is 10.0 Å². The molecule has 1 atom stereocenters. The van der Waals surface area contributed by atoms with Gasteiger partial charge in [0.1, 0.15) is 22.3 Å². The lowest BCUT2D eigenvalue weighted by atomic mass is 10.1. The second-order valence-corrected chi connectivity index (χ2v) is 6.11. The molecule has 5 nitrogen and oxygen atoms in total. The second-order valence-electron chi connectivity index (χ2n) is 4.40. The van der Waals surface area contributed by atoms with E-state index in [1.807, 2.05) is 0 Å². The minimum atomic E-state index is -3.96. The molecule has 2 aromatic rings. The van der Waals surface area contributed by atoms with Crippen LogP contribution in [0, 0.1) is 11.6 Å². The predicted octanol–water partition coefficient (Wildman–Crippen LogP) is 1.98. The first-order valence-corrected chi connectivity index (χ1v) is 7.47. The van der Waals surface area contributed by atoms with E-state index in [2.05, 4.69) is 9.71 Å². The molecule has 0 bridgehead atoms. The predicted molar refractivity (Wildman–Crippen MR) is 73.7 cm³/mol. The number of hydrogen-bond donors (Lipinski definition) is 2. The summed E-state index contributed by atoms with van der Waals surface area (Å²) in [5.41, 5.74) is 5.03. The zero-order valence-corrected chi connectivity index (χ0v) is 11.9. The fraction of sp³-hybridized carbons (Fsp3) is 0.154. The molecule has 1 aromatic heterocycles. The SMILES string of the molecule is CC(NS(=O)(=O)c1ccc(N)nc1)c1c(F)cccc1F. The highest BCUT2D eigenvalue weighted by Crippen LogP contribution is 2.22. The van der Waals surface area contributed by atoms with Gasteiger partial charge in [0.2, 0.25) is 10.0 Å². The van der Waals surface area contributed by atoms with E-state index < -0.39 is 27.7 Å². The molecule has 1 unspecified atom stereocenters. The Kier molecular flexibility index (Phi) is 4.19. The van der Waals surface area contributed by atoms with Gasteiger partial charge in [0.15, 0.2) is 0 Å². The number of nitrogen functional groups attached to an aromatic ring is 1. The van der Waals surface area contributed by atoms with Crippen LogP contribution >= 0.6 is 0 Å². The van der Waals surface area contributed by atoms with Crippen LogP contribution in [0.15, 0.2) is 41.4 Å². The van der Waals surface area contributed by atoms with E-state index in [0.717, 1.165) is 18.3 Å². The lowest BCUT2D eigenvalue weighted by Crippen LogP contribution is -2.28. The number of benzene rings is 1. The van der Waals surface area contributed by atoms with Crippen LogP contribution in [0.1, 0.15) is 18.5 Å². The summed E-state index contributed by atoms with van der Waals surface area (Å²) < 4.78 is 53.7. The summed E-state index contributed by atoms with van der Waals surface area (Å²) in [6, 6.07) is 4.84. The molecule has 0 saturated carbocycles. The average Bonchev–Trinajstić information content (AvgIpc) is 2.38. The molecule has 0 radical (unpaired) electrons. The topological polar surface area (TPSA) is 85.1 Å². The van der Waals surface area contributed by atoms with E-state index in [9.17, 15) is 17.2 Å². The zero-order valence-electron chi connectivity index (χ0n) is 11.0. The summed E-state index contributed by atoms with van der Waals surface area (Å²) >= 11 is 0. The van der Waals surface area contributed by atoms with Crippen LogP contribution in [0.2, 0.25) is 0 Å². The first-order chi connectivity index (χ1) is 9.81. The molecule has 8 heteroatoms. The number of sulfonamides is 1. The summed E-state index contributed by atoms with van der Waals surface area (Å²) in [6.07, 6.45) is 1.07. The van der Waals surface area contributed by atoms with Crippen LogP contribution < -0.4 is 10.5 Å². The van der Waals surface area contributed by atoms with Crippen molar-refractivity contribution >= 4 is 15.8 Å². The van der Waals surface area contributed by atoms with E-state index >= 15 is 0 Å². The van der Waals surface area contributed by atoms with Crippen molar-refractivity contribution in [2.75, 3.05) is 5.73 Å². The van der Waals surface area contributed by atoms with E-state index in [0.29, 0.717) is 0 Å². The minimum Gasteiger partial charge on any atom is -0.384 e. The Labute approximate surface area is 120 Å².